The molecule has 0 fully saturated rings. The molecule has 1 aromatic rings. The first-order chi connectivity index (χ1) is 13.1. The van der Waals surface area contributed by atoms with Gasteiger partial charge in [0.15, 0.2) is 5.17 Å². The Morgan fingerprint density at radius 1 is 1.33 bits per heavy atom. The van der Waals surface area contributed by atoms with Crippen molar-refractivity contribution in [3.63, 3.8) is 0 Å². The fraction of sp³-hybridized carbons (Fsp3) is 0.316. The Kier molecular flexibility index (Phi) is 10.9. The van der Waals surface area contributed by atoms with Gasteiger partial charge in [-0.2, -0.15) is 0 Å². The standard InChI is InChI=1S/C19H28N6S2/c1-7-10-11-12-14-24(4)18(26-6)22-20-15-21-23-19-25(5)16(13-8-2)17(9-3)27-19/h7-13,15H,3,14H2,1-2,4-6H3,(H,20,21)/b10-7-,12-11-,13-8-,22-18+,23-19+. The van der Waals surface area contributed by atoms with E-state index in [2.05, 4.69) is 33.4 Å². The number of amidine groups is 1. The van der Waals surface area contributed by atoms with Crippen LogP contribution in [0, 0.1) is 0 Å². The van der Waals surface area contributed by atoms with Crippen molar-refractivity contribution < 1.29 is 0 Å². The average molecular weight is 405 g/mol. The molecule has 8 heteroatoms. The molecule has 1 aromatic heterocycles. The highest BCUT2D eigenvalue weighted by atomic mass is 32.2. The van der Waals surface area contributed by atoms with Gasteiger partial charge in [0.05, 0.1) is 10.6 Å². The largest absolute Gasteiger partial charge is 0.349 e. The summed E-state index contributed by atoms with van der Waals surface area (Å²) in [6, 6.07) is 0. The molecule has 0 saturated heterocycles. The predicted molar refractivity (Wildman–Crippen MR) is 123 cm³/mol. The lowest BCUT2D eigenvalue weighted by Crippen LogP contribution is -2.26. The van der Waals surface area contributed by atoms with Gasteiger partial charge in [0.1, 0.15) is 6.34 Å². The molecule has 0 bridgehead atoms. The summed E-state index contributed by atoms with van der Waals surface area (Å²) in [6.45, 7) is 8.60. The van der Waals surface area contributed by atoms with Crippen LogP contribution in [-0.2, 0) is 7.05 Å². The van der Waals surface area contributed by atoms with Gasteiger partial charge >= 0.3 is 0 Å². The molecule has 6 nitrogen and oxygen atoms in total. The van der Waals surface area contributed by atoms with E-state index in [4.69, 9.17) is 0 Å². The lowest BCUT2D eigenvalue weighted by Gasteiger charge is -2.16. The second-order valence-corrected chi connectivity index (χ2v) is 7.09. The quantitative estimate of drug-likeness (QED) is 0.309. The summed E-state index contributed by atoms with van der Waals surface area (Å²) in [5, 5.41) is 13.5. The third-order valence-electron chi connectivity index (χ3n) is 3.36. The van der Waals surface area contributed by atoms with Crippen LogP contribution in [0.25, 0.3) is 12.2 Å². The number of hydrogen-bond acceptors (Lipinski definition) is 5. The summed E-state index contributed by atoms with van der Waals surface area (Å²) < 4.78 is 1.99. The lowest BCUT2D eigenvalue weighted by molar-refractivity contribution is 0.571. The first-order valence-electron chi connectivity index (χ1n) is 8.45. The molecule has 0 aliphatic rings. The summed E-state index contributed by atoms with van der Waals surface area (Å²) in [7, 11) is 3.95. The van der Waals surface area contributed by atoms with Crippen LogP contribution in [0.3, 0.4) is 0 Å². The van der Waals surface area contributed by atoms with Crippen molar-refractivity contribution in [1.29, 1.82) is 0 Å². The zero-order chi connectivity index (χ0) is 20.1. The minimum Gasteiger partial charge on any atom is -0.349 e. The van der Waals surface area contributed by atoms with E-state index < -0.39 is 0 Å². The summed E-state index contributed by atoms with van der Waals surface area (Å²) in [5.74, 6) is 0. The Balaban J connectivity index is 2.79. The van der Waals surface area contributed by atoms with E-state index in [1.54, 1.807) is 11.8 Å². The van der Waals surface area contributed by atoms with Crippen LogP contribution >= 0.6 is 23.1 Å². The van der Waals surface area contributed by atoms with E-state index in [0.29, 0.717) is 0 Å². The van der Waals surface area contributed by atoms with E-state index >= 15 is 0 Å². The number of hydrazone groups is 1. The Hall–Kier alpha value is -2.32. The number of aromatic nitrogens is 1. The van der Waals surface area contributed by atoms with Crippen LogP contribution in [0.2, 0.25) is 0 Å². The summed E-state index contributed by atoms with van der Waals surface area (Å²) in [6.07, 6.45) is 17.4. The molecule has 0 aliphatic carbocycles. The number of thiazole rings is 1. The molecule has 0 aromatic carbocycles. The molecule has 0 radical (unpaired) electrons. The molecule has 1 N–H and O–H groups in total. The maximum atomic E-state index is 4.33. The Morgan fingerprint density at radius 3 is 2.74 bits per heavy atom. The van der Waals surface area contributed by atoms with E-state index in [0.717, 1.165) is 27.1 Å². The normalized spacial score (nSPS) is 13.7. The number of likely N-dealkylation sites (N-methyl/N-ethyl adjacent to an activating group) is 1. The maximum absolute atomic E-state index is 4.33. The Bertz CT molecular complexity index is 809. The van der Waals surface area contributed by atoms with Crippen molar-refractivity contribution >= 4 is 46.8 Å². The number of allylic oxidation sites excluding steroid dienone is 4. The molecule has 1 rings (SSSR count). The fourth-order valence-electron chi connectivity index (χ4n) is 2.03. The molecular formula is C19H28N6S2. The van der Waals surface area contributed by atoms with Gasteiger partial charge in [0.25, 0.3) is 0 Å². The molecule has 146 valence electrons. The van der Waals surface area contributed by atoms with Crippen LogP contribution in [0.15, 0.2) is 52.3 Å². The van der Waals surface area contributed by atoms with Crippen LogP contribution in [-0.4, -0.2) is 40.8 Å². The second kappa shape index (κ2) is 12.9. The van der Waals surface area contributed by atoms with Crippen molar-refractivity contribution in [1.82, 2.24) is 14.9 Å². The SMILES string of the molecule is C=Cc1s/c(=N/N=C/N/N=C(/SC)N(C)C/C=C\C=C/C)n(C)c1/C=C\C. The van der Waals surface area contributed by atoms with Crippen LogP contribution in [0.5, 0.6) is 0 Å². The van der Waals surface area contributed by atoms with Crippen molar-refractivity contribution in [3.05, 3.63) is 52.3 Å². The molecule has 0 atom stereocenters. The summed E-state index contributed by atoms with van der Waals surface area (Å²) in [5.41, 5.74) is 3.90. The van der Waals surface area contributed by atoms with E-state index in [9.17, 15) is 0 Å². The van der Waals surface area contributed by atoms with Gasteiger partial charge in [-0.15, -0.1) is 15.3 Å². The number of rotatable bonds is 8. The monoisotopic (exact) mass is 404 g/mol. The first kappa shape index (κ1) is 22.7. The van der Waals surface area contributed by atoms with Crippen molar-refractivity contribution in [2.45, 2.75) is 13.8 Å². The smallest absolute Gasteiger partial charge is 0.211 e. The fourth-order valence-corrected chi connectivity index (χ4v) is 3.48. The van der Waals surface area contributed by atoms with Gasteiger partial charge in [-0.3, -0.25) is 5.43 Å². The third-order valence-corrected chi connectivity index (χ3v) is 5.26. The van der Waals surface area contributed by atoms with Crippen molar-refractivity contribution in [2.24, 2.45) is 22.4 Å². The number of nitrogens with zero attached hydrogens (tertiary/aromatic N) is 5. The molecule has 0 spiro atoms. The van der Waals surface area contributed by atoms with Crippen molar-refractivity contribution in [2.75, 3.05) is 19.8 Å². The zero-order valence-electron chi connectivity index (χ0n) is 16.6. The molecule has 0 aliphatic heterocycles. The summed E-state index contributed by atoms with van der Waals surface area (Å²) in [4.78, 5) is 3.89. The van der Waals surface area contributed by atoms with Crippen LogP contribution in [0.1, 0.15) is 24.4 Å². The van der Waals surface area contributed by atoms with Crippen LogP contribution in [0.4, 0.5) is 0 Å². The van der Waals surface area contributed by atoms with E-state index in [1.807, 2.05) is 80.1 Å². The van der Waals surface area contributed by atoms with E-state index in [1.165, 1.54) is 17.7 Å². The summed E-state index contributed by atoms with van der Waals surface area (Å²) >= 11 is 3.10. The lowest BCUT2D eigenvalue weighted by atomic mass is 10.3. The topological polar surface area (TPSA) is 57.3 Å². The third kappa shape index (κ3) is 7.44. The first-order valence-corrected chi connectivity index (χ1v) is 10.5. The molecule has 0 amide bonds. The highest BCUT2D eigenvalue weighted by Gasteiger charge is 2.05. The van der Waals surface area contributed by atoms with Gasteiger partial charge in [-0.05, 0) is 32.3 Å². The van der Waals surface area contributed by atoms with Gasteiger partial charge in [0.2, 0.25) is 4.80 Å². The highest BCUT2D eigenvalue weighted by Crippen LogP contribution is 2.14. The molecule has 27 heavy (non-hydrogen) atoms. The molecular weight excluding hydrogens is 376 g/mol. The average Bonchev–Trinajstić information content (AvgIpc) is 2.97. The maximum Gasteiger partial charge on any atom is 0.211 e. The van der Waals surface area contributed by atoms with E-state index in [-0.39, 0.29) is 0 Å². The zero-order valence-corrected chi connectivity index (χ0v) is 18.2. The number of thioether (sulfide) groups is 1. The second-order valence-electron chi connectivity index (χ2n) is 5.30. The Morgan fingerprint density at radius 2 is 2.11 bits per heavy atom. The molecule has 0 saturated carbocycles. The Labute approximate surface area is 170 Å². The van der Waals surface area contributed by atoms with Gasteiger partial charge in [0, 0.05) is 20.6 Å². The minimum atomic E-state index is 0.774. The molecule has 1 heterocycles. The minimum absolute atomic E-state index is 0.774. The van der Waals surface area contributed by atoms with Gasteiger partial charge in [-0.25, -0.2) is 0 Å². The van der Waals surface area contributed by atoms with Crippen LogP contribution < -0.4 is 10.2 Å². The number of nitrogens with one attached hydrogen (secondary N) is 1. The highest BCUT2D eigenvalue weighted by molar-refractivity contribution is 8.13. The van der Waals surface area contributed by atoms with Gasteiger partial charge < -0.3 is 9.47 Å². The predicted octanol–water partition coefficient (Wildman–Crippen LogP) is 3.89. The number of hydrogen-bond donors (Lipinski definition) is 1. The van der Waals surface area contributed by atoms with Crippen molar-refractivity contribution in [3.8, 4) is 0 Å². The van der Waals surface area contributed by atoms with Gasteiger partial charge in [-0.1, -0.05) is 60.1 Å². The molecule has 0 unspecified atom stereocenters.